The lowest BCUT2D eigenvalue weighted by atomic mass is 9.66. The molecule has 0 saturated carbocycles. The molecule has 1 spiro atoms. The Morgan fingerprint density at radius 1 is 0.276 bits per heavy atom. The number of hydrogen-bond acceptors (Lipinski definition) is 3. The van der Waals surface area contributed by atoms with E-state index in [9.17, 15) is 0 Å². The Balaban J connectivity index is 0.848. The minimum absolute atomic E-state index is 0.538. The molecule has 16 rings (SSSR count). The van der Waals surface area contributed by atoms with Crippen molar-refractivity contribution in [3.8, 4) is 56.0 Å². The van der Waals surface area contributed by atoms with Crippen molar-refractivity contribution < 1.29 is 9.15 Å². The van der Waals surface area contributed by atoms with Gasteiger partial charge in [0.25, 0.3) is 0 Å². The van der Waals surface area contributed by atoms with Crippen LogP contribution >= 0.6 is 0 Å². The number of hydrogen-bond donors (Lipinski definition) is 0. The molecule has 13 aromatic carbocycles. The molecule has 0 unspecified atom stereocenters. The number of nitrogens with zero attached hydrogens (tertiary/aromatic N) is 1. The highest BCUT2D eigenvalue weighted by Gasteiger charge is 2.51. The van der Waals surface area contributed by atoms with Crippen LogP contribution in [-0.4, -0.2) is 0 Å². The zero-order valence-corrected chi connectivity index (χ0v) is 41.2. The van der Waals surface area contributed by atoms with E-state index in [-0.39, 0.29) is 0 Å². The Kier molecular flexibility index (Phi) is 9.25. The minimum Gasteiger partial charge on any atom is -0.457 e. The average molecular weight is 968 g/mol. The fraction of sp³-hybridized carbons (Fsp3) is 0.0137. The zero-order valence-electron chi connectivity index (χ0n) is 41.2. The summed E-state index contributed by atoms with van der Waals surface area (Å²) in [5.41, 5.74) is 18.8. The standard InChI is InChI=1S/C73H45NO2/c1-2-16-46(17-3-1)56-24-14-25-60-61-42-36-50-44-53(41-43-57(50)72(61)76-71(56)60)74(52-39-34-48(35-40-52)63-45-49-18-4-5-19-54(49)58-20-6-7-21-59(58)63)51-37-32-47(33-38-51)55-23-15-29-67-70(55)62-22-8-9-26-64(62)73(67)65-27-10-12-30-68(65)75-69-31-13-11-28-66(69)73/h1-45H. The second-order valence-electron chi connectivity index (χ2n) is 20.2. The third-order valence-corrected chi connectivity index (χ3v) is 16.3. The maximum atomic E-state index is 6.89. The first-order valence-electron chi connectivity index (χ1n) is 26.1. The highest BCUT2D eigenvalue weighted by molar-refractivity contribution is 6.18. The smallest absolute Gasteiger partial charge is 0.143 e. The van der Waals surface area contributed by atoms with Crippen molar-refractivity contribution in [2.75, 3.05) is 4.90 Å². The van der Waals surface area contributed by atoms with Crippen molar-refractivity contribution in [3.63, 3.8) is 0 Å². The molecule has 14 aromatic rings. The number of ether oxygens (including phenoxy) is 1. The molecule has 3 nitrogen and oxygen atoms in total. The number of benzene rings is 13. The Morgan fingerprint density at radius 3 is 1.55 bits per heavy atom. The van der Waals surface area contributed by atoms with Crippen molar-refractivity contribution in [1.82, 2.24) is 0 Å². The first kappa shape index (κ1) is 42.5. The Hall–Kier alpha value is -9.96. The predicted octanol–water partition coefficient (Wildman–Crippen LogP) is 20.0. The van der Waals surface area contributed by atoms with Gasteiger partial charge in [-0.05, 0) is 144 Å². The molecule has 0 fully saturated rings. The second-order valence-corrected chi connectivity index (χ2v) is 20.2. The highest BCUT2D eigenvalue weighted by Crippen LogP contribution is 2.63. The van der Waals surface area contributed by atoms with Gasteiger partial charge in [0.15, 0.2) is 0 Å². The van der Waals surface area contributed by atoms with Crippen LogP contribution in [0, 0.1) is 0 Å². The average Bonchev–Trinajstić information content (AvgIpc) is 4.20. The van der Waals surface area contributed by atoms with Gasteiger partial charge in [0.05, 0.1) is 5.41 Å². The third kappa shape index (κ3) is 6.17. The molecule has 2 aliphatic rings. The number of rotatable bonds is 6. The van der Waals surface area contributed by atoms with Crippen molar-refractivity contribution in [3.05, 3.63) is 295 Å². The van der Waals surface area contributed by atoms with Crippen molar-refractivity contribution in [2.24, 2.45) is 0 Å². The topological polar surface area (TPSA) is 25.6 Å². The van der Waals surface area contributed by atoms with Gasteiger partial charge in [-0.15, -0.1) is 0 Å². The van der Waals surface area contributed by atoms with E-state index in [0.717, 1.165) is 89.1 Å². The summed E-state index contributed by atoms with van der Waals surface area (Å²) in [5.74, 6) is 1.79. The molecular weight excluding hydrogens is 923 g/mol. The molecule has 0 bridgehead atoms. The summed E-state index contributed by atoms with van der Waals surface area (Å²) in [5, 5.41) is 9.43. The summed E-state index contributed by atoms with van der Waals surface area (Å²) in [6.07, 6.45) is 0. The fourth-order valence-electron chi connectivity index (χ4n) is 13.0. The maximum absolute atomic E-state index is 6.89. The molecule has 0 saturated heterocycles. The van der Waals surface area contributed by atoms with Gasteiger partial charge in [0, 0.05) is 49.9 Å². The van der Waals surface area contributed by atoms with Gasteiger partial charge in [0.2, 0.25) is 0 Å². The van der Waals surface area contributed by atoms with Crippen LogP contribution in [0.25, 0.3) is 98.8 Å². The van der Waals surface area contributed by atoms with Crippen LogP contribution in [0.15, 0.2) is 277 Å². The van der Waals surface area contributed by atoms with Crippen molar-refractivity contribution >= 4 is 71.3 Å². The highest BCUT2D eigenvalue weighted by atomic mass is 16.5. The van der Waals surface area contributed by atoms with Crippen LogP contribution in [0.5, 0.6) is 11.5 Å². The van der Waals surface area contributed by atoms with Crippen LogP contribution in [0.2, 0.25) is 0 Å². The Bertz CT molecular complexity index is 4620. The summed E-state index contributed by atoms with van der Waals surface area (Å²) < 4.78 is 13.5. The molecule has 0 atom stereocenters. The second kappa shape index (κ2) is 16.5. The van der Waals surface area contributed by atoms with Gasteiger partial charge in [-0.1, -0.05) is 206 Å². The first-order valence-corrected chi connectivity index (χ1v) is 26.1. The van der Waals surface area contributed by atoms with Crippen LogP contribution in [0.4, 0.5) is 17.1 Å². The van der Waals surface area contributed by atoms with E-state index in [1.807, 2.05) is 0 Å². The normalized spacial score (nSPS) is 12.9. The number of furan rings is 1. The van der Waals surface area contributed by atoms with E-state index in [0.29, 0.717) is 0 Å². The number of para-hydroxylation sites is 3. The van der Waals surface area contributed by atoms with Gasteiger partial charge in [-0.2, -0.15) is 0 Å². The molecule has 76 heavy (non-hydrogen) atoms. The molecule has 1 aromatic heterocycles. The summed E-state index contributed by atoms with van der Waals surface area (Å²) in [7, 11) is 0. The van der Waals surface area contributed by atoms with E-state index in [1.54, 1.807) is 0 Å². The van der Waals surface area contributed by atoms with E-state index in [1.165, 1.54) is 60.5 Å². The van der Waals surface area contributed by atoms with Crippen molar-refractivity contribution in [2.45, 2.75) is 5.41 Å². The lowest BCUT2D eigenvalue weighted by molar-refractivity contribution is 0.436. The Labute approximate surface area is 439 Å². The molecule has 1 aliphatic heterocycles. The van der Waals surface area contributed by atoms with Crippen molar-refractivity contribution in [1.29, 1.82) is 0 Å². The largest absolute Gasteiger partial charge is 0.457 e. The van der Waals surface area contributed by atoms with Gasteiger partial charge in [-0.25, -0.2) is 0 Å². The molecule has 354 valence electrons. The van der Waals surface area contributed by atoms with Crippen LogP contribution < -0.4 is 9.64 Å². The Morgan fingerprint density at radius 2 is 0.789 bits per heavy atom. The molecule has 0 amide bonds. The van der Waals surface area contributed by atoms with Crippen LogP contribution in [0.1, 0.15) is 22.3 Å². The monoisotopic (exact) mass is 967 g/mol. The quantitative estimate of drug-likeness (QED) is 0.155. The van der Waals surface area contributed by atoms with Gasteiger partial charge < -0.3 is 14.1 Å². The zero-order chi connectivity index (χ0) is 49.9. The molecule has 0 N–H and O–H groups in total. The predicted molar refractivity (Wildman–Crippen MR) is 315 cm³/mol. The lowest BCUT2D eigenvalue weighted by Gasteiger charge is -2.39. The van der Waals surface area contributed by atoms with Crippen LogP contribution in [-0.2, 0) is 5.41 Å². The molecule has 3 heteroatoms. The summed E-state index contributed by atoms with van der Waals surface area (Å²) in [6.45, 7) is 0. The molecule has 1 aliphatic carbocycles. The van der Waals surface area contributed by atoms with E-state index >= 15 is 0 Å². The maximum Gasteiger partial charge on any atom is 0.143 e. The van der Waals surface area contributed by atoms with Gasteiger partial charge >= 0.3 is 0 Å². The van der Waals surface area contributed by atoms with E-state index < -0.39 is 5.41 Å². The fourth-order valence-corrected chi connectivity index (χ4v) is 13.0. The molecular formula is C73H45NO2. The number of fused-ring (bicyclic) bond motifs is 17. The third-order valence-electron chi connectivity index (χ3n) is 16.3. The van der Waals surface area contributed by atoms with E-state index in [4.69, 9.17) is 9.15 Å². The summed E-state index contributed by atoms with van der Waals surface area (Å²) >= 11 is 0. The molecule has 2 heterocycles. The summed E-state index contributed by atoms with van der Waals surface area (Å²) in [4.78, 5) is 2.39. The molecule has 0 radical (unpaired) electrons. The first-order chi connectivity index (χ1) is 37.7. The minimum atomic E-state index is -0.538. The summed E-state index contributed by atoms with van der Waals surface area (Å²) in [6, 6.07) is 99.3. The SMILES string of the molecule is c1ccc(-c2cccc3c2oc2c4ccc(N(c5ccc(-c6cccc7c6-c6ccccc6C76c7ccccc7Oc7ccccc76)cc5)c5ccc(-c6cc7ccccc7c7ccccc67)cc5)cc4ccc32)cc1. The number of anilines is 3. The lowest BCUT2D eigenvalue weighted by Crippen LogP contribution is -2.32. The van der Waals surface area contributed by atoms with E-state index in [2.05, 4.69) is 278 Å². The van der Waals surface area contributed by atoms with Crippen LogP contribution in [0.3, 0.4) is 0 Å². The van der Waals surface area contributed by atoms with Gasteiger partial charge in [0.1, 0.15) is 22.7 Å². The van der Waals surface area contributed by atoms with Gasteiger partial charge in [-0.3, -0.25) is 0 Å².